The first-order valence-electron chi connectivity index (χ1n) is 9.90. The van der Waals surface area contributed by atoms with Crippen LogP contribution in [-0.4, -0.2) is 60.6 Å². The minimum Gasteiger partial charge on any atom is -0.371 e. The minimum absolute atomic E-state index is 0. The van der Waals surface area contributed by atoms with Crippen LogP contribution < -0.4 is 0 Å². The number of ether oxygens (including phenoxy) is 1. The number of carbonyl (C=O) groups excluding carboxylic acids is 1. The van der Waals surface area contributed by atoms with Crippen molar-refractivity contribution in [3.05, 3.63) is 35.9 Å². The summed E-state index contributed by atoms with van der Waals surface area (Å²) in [5.74, 6) is 1.03. The average Bonchev–Trinajstić information content (AvgIpc) is 3.46. The quantitative estimate of drug-likeness (QED) is 0.789. The number of benzene rings is 1. The van der Waals surface area contributed by atoms with E-state index in [9.17, 15) is 4.79 Å². The van der Waals surface area contributed by atoms with Crippen molar-refractivity contribution < 1.29 is 9.53 Å². The molecule has 26 heavy (non-hydrogen) atoms. The van der Waals surface area contributed by atoms with Crippen LogP contribution in [0.25, 0.3) is 0 Å². The molecule has 2 heterocycles. The van der Waals surface area contributed by atoms with Crippen molar-refractivity contribution in [2.75, 3.05) is 39.3 Å². The summed E-state index contributed by atoms with van der Waals surface area (Å²) in [6, 6.07) is 10.7. The normalized spacial score (nSPS) is 22.8. The number of nitrogens with zero attached hydrogens (tertiary/aromatic N) is 2. The molecule has 0 aromatic heterocycles. The Balaban J connectivity index is 0.00000196. The number of morpholine rings is 1. The van der Waals surface area contributed by atoms with E-state index in [0.29, 0.717) is 18.4 Å². The van der Waals surface area contributed by atoms with Crippen molar-refractivity contribution in [2.45, 2.75) is 44.1 Å². The van der Waals surface area contributed by atoms with Crippen LogP contribution in [0, 0.1) is 5.92 Å². The van der Waals surface area contributed by atoms with Gasteiger partial charge in [-0.2, -0.15) is 0 Å². The standard InChI is InChI=1S/C21H30N2O2.ClH/c24-20(16-19-6-7-19)23-14-15-25-21(17-23)9-12-22(13-10-21)11-8-18-4-2-1-3-5-18;/h1-5,19H,6-17H2;1H. The first-order chi connectivity index (χ1) is 12.2. The van der Waals surface area contributed by atoms with Crippen LogP contribution >= 0.6 is 12.4 Å². The van der Waals surface area contributed by atoms with E-state index in [0.717, 1.165) is 58.4 Å². The fourth-order valence-electron chi connectivity index (χ4n) is 4.17. The molecule has 144 valence electrons. The molecular weight excluding hydrogens is 348 g/mol. The zero-order valence-corrected chi connectivity index (χ0v) is 16.4. The largest absolute Gasteiger partial charge is 0.371 e. The lowest BCUT2D eigenvalue weighted by Crippen LogP contribution is -2.58. The Bertz CT molecular complexity index is 583. The van der Waals surface area contributed by atoms with E-state index in [1.165, 1.54) is 18.4 Å². The van der Waals surface area contributed by atoms with Crippen LogP contribution in [0.2, 0.25) is 0 Å². The van der Waals surface area contributed by atoms with Crippen LogP contribution in [0.1, 0.15) is 37.7 Å². The number of rotatable bonds is 5. The maximum Gasteiger partial charge on any atom is 0.223 e. The van der Waals surface area contributed by atoms with Crippen molar-refractivity contribution in [2.24, 2.45) is 5.92 Å². The third kappa shape index (κ3) is 4.99. The molecule has 2 aliphatic heterocycles. The maximum atomic E-state index is 12.5. The average molecular weight is 379 g/mol. The van der Waals surface area contributed by atoms with E-state index in [-0.39, 0.29) is 18.0 Å². The predicted octanol–water partition coefficient (Wildman–Crippen LogP) is 3.14. The van der Waals surface area contributed by atoms with E-state index in [1.54, 1.807) is 0 Å². The van der Waals surface area contributed by atoms with Crippen LogP contribution in [-0.2, 0) is 16.0 Å². The highest BCUT2D eigenvalue weighted by molar-refractivity contribution is 5.85. The lowest BCUT2D eigenvalue weighted by atomic mass is 9.89. The van der Waals surface area contributed by atoms with Crippen LogP contribution in [0.4, 0.5) is 0 Å². The SMILES string of the molecule is Cl.O=C(CC1CC1)N1CCOC2(CCN(CCc3ccccc3)CC2)C1. The summed E-state index contributed by atoms with van der Waals surface area (Å²) in [6.45, 7) is 5.58. The molecule has 0 radical (unpaired) electrons. The molecule has 0 N–H and O–H groups in total. The van der Waals surface area contributed by atoms with Crippen molar-refractivity contribution in [1.82, 2.24) is 9.80 Å². The van der Waals surface area contributed by atoms with Gasteiger partial charge in [0.2, 0.25) is 5.91 Å². The molecule has 1 amide bonds. The van der Waals surface area contributed by atoms with Gasteiger partial charge in [-0.1, -0.05) is 30.3 Å². The predicted molar refractivity (Wildman–Crippen MR) is 106 cm³/mol. The van der Waals surface area contributed by atoms with Gasteiger partial charge in [0.25, 0.3) is 0 Å². The molecule has 1 aromatic carbocycles. The third-order valence-electron chi connectivity index (χ3n) is 6.09. The number of hydrogen-bond donors (Lipinski definition) is 0. The molecule has 0 atom stereocenters. The van der Waals surface area contributed by atoms with E-state index in [2.05, 4.69) is 40.1 Å². The Morgan fingerprint density at radius 3 is 2.54 bits per heavy atom. The molecule has 1 aromatic rings. The van der Waals surface area contributed by atoms with E-state index in [4.69, 9.17) is 4.74 Å². The second-order valence-corrected chi connectivity index (χ2v) is 8.07. The van der Waals surface area contributed by atoms with Gasteiger partial charge in [-0.25, -0.2) is 0 Å². The maximum absolute atomic E-state index is 12.5. The van der Waals surface area contributed by atoms with Gasteiger partial charge in [0.05, 0.1) is 12.2 Å². The van der Waals surface area contributed by atoms with Gasteiger partial charge in [-0.3, -0.25) is 4.79 Å². The lowest BCUT2D eigenvalue weighted by molar-refractivity contribution is -0.159. The summed E-state index contributed by atoms with van der Waals surface area (Å²) in [7, 11) is 0. The van der Waals surface area contributed by atoms with Crippen molar-refractivity contribution in [1.29, 1.82) is 0 Å². The Kier molecular flexibility index (Phi) is 6.60. The topological polar surface area (TPSA) is 32.8 Å². The number of hydrogen-bond acceptors (Lipinski definition) is 3. The molecule has 1 saturated carbocycles. The van der Waals surface area contributed by atoms with Crippen molar-refractivity contribution in [3.63, 3.8) is 0 Å². The highest BCUT2D eigenvalue weighted by Gasteiger charge is 2.41. The Morgan fingerprint density at radius 2 is 1.85 bits per heavy atom. The summed E-state index contributed by atoms with van der Waals surface area (Å²) < 4.78 is 6.20. The van der Waals surface area contributed by atoms with Gasteiger partial charge >= 0.3 is 0 Å². The molecule has 2 saturated heterocycles. The monoisotopic (exact) mass is 378 g/mol. The van der Waals surface area contributed by atoms with E-state index < -0.39 is 0 Å². The molecular formula is C21H31ClN2O2. The Morgan fingerprint density at radius 1 is 1.12 bits per heavy atom. The van der Waals surface area contributed by atoms with Crippen LogP contribution in [0.15, 0.2) is 30.3 Å². The Hall–Kier alpha value is -1.10. The number of carbonyl (C=O) groups is 1. The molecule has 5 heteroatoms. The second kappa shape index (κ2) is 8.73. The first-order valence-corrected chi connectivity index (χ1v) is 9.90. The van der Waals surface area contributed by atoms with Gasteiger partial charge in [0, 0.05) is 39.1 Å². The zero-order valence-electron chi connectivity index (χ0n) is 15.6. The molecule has 3 aliphatic rings. The Labute approximate surface area is 163 Å². The van der Waals surface area contributed by atoms with Gasteiger partial charge in [0.15, 0.2) is 0 Å². The fourth-order valence-corrected chi connectivity index (χ4v) is 4.17. The summed E-state index contributed by atoms with van der Waals surface area (Å²) in [6.07, 6.45) is 6.47. The van der Waals surface area contributed by atoms with Crippen molar-refractivity contribution in [3.8, 4) is 0 Å². The summed E-state index contributed by atoms with van der Waals surface area (Å²) in [5.41, 5.74) is 1.33. The third-order valence-corrected chi connectivity index (χ3v) is 6.09. The fraction of sp³-hybridized carbons (Fsp3) is 0.667. The minimum atomic E-state index is -0.0826. The van der Waals surface area contributed by atoms with Gasteiger partial charge in [0.1, 0.15) is 0 Å². The van der Waals surface area contributed by atoms with Crippen molar-refractivity contribution >= 4 is 18.3 Å². The van der Waals surface area contributed by atoms with E-state index in [1.807, 2.05) is 0 Å². The zero-order chi connectivity index (χ0) is 17.1. The summed E-state index contributed by atoms with van der Waals surface area (Å²) in [5, 5.41) is 0. The second-order valence-electron chi connectivity index (χ2n) is 8.07. The molecule has 4 nitrogen and oxygen atoms in total. The molecule has 4 rings (SSSR count). The number of amides is 1. The van der Waals surface area contributed by atoms with Gasteiger partial charge in [-0.15, -0.1) is 12.4 Å². The highest BCUT2D eigenvalue weighted by atomic mass is 35.5. The summed E-state index contributed by atoms with van der Waals surface area (Å²) in [4.78, 5) is 17.1. The van der Waals surface area contributed by atoms with Gasteiger partial charge < -0.3 is 14.5 Å². The molecule has 1 aliphatic carbocycles. The van der Waals surface area contributed by atoms with E-state index >= 15 is 0 Å². The number of likely N-dealkylation sites (tertiary alicyclic amines) is 1. The first kappa shape index (κ1) is 19.7. The molecule has 0 bridgehead atoms. The molecule has 1 spiro atoms. The number of halogens is 1. The van der Waals surface area contributed by atoms with Crippen LogP contribution in [0.5, 0.6) is 0 Å². The number of piperidine rings is 1. The highest BCUT2D eigenvalue weighted by Crippen LogP contribution is 2.35. The van der Waals surface area contributed by atoms with Gasteiger partial charge in [-0.05, 0) is 43.6 Å². The summed E-state index contributed by atoms with van der Waals surface area (Å²) >= 11 is 0. The smallest absolute Gasteiger partial charge is 0.223 e. The van der Waals surface area contributed by atoms with Crippen LogP contribution in [0.3, 0.4) is 0 Å². The lowest BCUT2D eigenvalue weighted by Gasteiger charge is -2.47. The molecule has 0 unspecified atom stereocenters. The molecule has 3 fully saturated rings.